The van der Waals surface area contributed by atoms with Crippen molar-refractivity contribution < 1.29 is 14.6 Å². The molecular weight excluding hydrogens is 513 g/mol. The molecule has 10 heteroatoms. The van der Waals surface area contributed by atoms with E-state index in [1.54, 1.807) is 19.4 Å². The number of hydrogen-bond donors (Lipinski definition) is 2. The number of benzene rings is 1. The summed E-state index contributed by atoms with van der Waals surface area (Å²) in [6, 6.07) is 5.78. The zero-order valence-electron chi connectivity index (χ0n) is 21.6. The smallest absolute Gasteiger partial charge is 0.309 e. The number of piperidine rings is 1. The second kappa shape index (κ2) is 10.5. The number of hydrogen-bond acceptors (Lipinski definition) is 7. The lowest BCUT2D eigenvalue weighted by molar-refractivity contribution is -0.158. The Morgan fingerprint density at radius 2 is 2.00 bits per heavy atom. The van der Waals surface area contributed by atoms with Crippen LogP contribution in [0.15, 0.2) is 24.4 Å². The second-order valence-electron chi connectivity index (χ2n) is 11.1. The molecule has 2 aromatic rings. The maximum Gasteiger partial charge on any atom is 0.309 e. The predicted octanol–water partition coefficient (Wildman–Crippen LogP) is 5.37. The van der Waals surface area contributed by atoms with Crippen LogP contribution in [-0.4, -0.2) is 65.3 Å². The number of carboxylic acids is 1. The Hall–Kier alpha value is -2.29. The summed E-state index contributed by atoms with van der Waals surface area (Å²) in [5, 5.41) is 14.1. The van der Waals surface area contributed by atoms with Crippen LogP contribution in [0.25, 0.3) is 0 Å². The number of nitrogens with zero attached hydrogens (tertiary/aromatic N) is 4. The van der Waals surface area contributed by atoms with Crippen molar-refractivity contribution in [1.29, 1.82) is 0 Å². The third-order valence-electron chi connectivity index (χ3n) is 8.50. The van der Waals surface area contributed by atoms with Crippen LogP contribution in [0.1, 0.15) is 51.1 Å². The van der Waals surface area contributed by atoms with Gasteiger partial charge in [-0.25, -0.2) is 4.98 Å². The first-order valence-corrected chi connectivity index (χ1v) is 13.8. The first-order valence-electron chi connectivity index (χ1n) is 13.0. The van der Waals surface area contributed by atoms with Gasteiger partial charge in [0.1, 0.15) is 0 Å². The first-order chi connectivity index (χ1) is 17.7. The molecule has 3 aliphatic rings. The van der Waals surface area contributed by atoms with Gasteiger partial charge in [-0.05, 0) is 75.6 Å². The van der Waals surface area contributed by atoms with E-state index >= 15 is 0 Å². The molecule has 1 aliphatic carbocycles. The minimum Gasteiger partial charge on any atom is -0.491 e. The summed E-state index contributed by atoms with van der Waals surface area (Å²) in [6.45, 7) is 7.90. The number of carboxylic acid groups (broad SMARTS) is 1. The Bertz CT molecular complexity index is 1150. The van der Waals surface area contributed by atoms with Crippen molar-refractivity contribution >= 4 is 40.9 Å². The van der Waals surface area contributed by atoms with E-state index in [9.17, 15) is 9.90 Å². The summed E-state index contributed by atoms with van der Waals surface area (Å²) in [5.41, 5.74) is 0.382. The van der Waals surface area contributed by atoms with Crippen LogP contribution in [0.4, 0.5) is 11.8 Å². The van der Waals surface area contributed by atoms with Gasteiger partial charge in [-0.3, -0.25) is 4.79 Å². The zero-order chi connectivity index (χ0) is 26.3. The van der Waals surface area contributed by atoms with Gasteiger partial charge in [0, 0.05) is 35.7 Å². The van der Waals surface area contributed by atoms with Crippen molar-refractivity contribution in [2.45, 2.75) is 51.6 Å². The number of carbonyl (C=O) groups is 1. The molecule has 5 rings (SSSR count). The molecule has 0 radical (unpaired) electrons. The Labute approximate surface area is 228 Å². The number of aliphatic carboxylic acids is 1. The molecule has 2 atom stereocenters. The van der Waals surface area contributed by atoms with Crippen LogP contribution in [0.3, 0.4) is 0 Å². The lowest BCUT2D eigenvalue weighted by Gasteiger charge is -2.52. The molecule has 200 valence electrons. The fraction of sp³-hybridized carbons (Fsp3) is 0.593. The number of anilines is 2. The van der Waals surface area contributed by atoms with E-state index < -0.39 is 11.4 Å². The van der Waals surface area contributed by atoms with Crippen LogP contribution in [-0.2, 0) is 4.79 Å². The summed E-state index contributed by atoms with van der Waals surface area (Å²) in [6.07, 6.45) is 5.65. The average molecular weight is 549 g/mol. The van der Waals surface area contributed by atoms with E-state index in [0.29, 0.717) is 45.4 Å². The van der Waals surface area contributed by atoms with Crippen molar-refractivity contribution in [1.82, 2.24) is 14.9 Å². The predicted molar refractivity (Wildman–Crippen MR) is 146 cm³/mol. The van der Waals surface area contributed by atoms with Crippen molar-refractivity contribution in [2.75, 3.05) is 43.5 Å². The lowest BCUT2D eigenvalue weighted by Crippen LogP contribution is -2.58. The van der Waals surface area contributed by atoms with Crippen LogP contribution >= 0.6 is 23.2 Å². The summed E-state index contributed by atoms with van der Waals surface area (Å²) < 4.78 is 5.51. The molecule has 37 heavy (non-hydrogen) atoms. The van der Waals surface area contributed by atoms with E-state index in [1.165, 1.54) is 12.8 Å². The van der Waals surface area contributed by atoms with Crippen LogP contribution < -0.4 is 15.0 Å². The SMILES string of the molecule is COc1cnc(N2CC([C@H]3CCCN([C@H]4C[C@](C)(C(=O)O)C4)C3)C2)nc1N[C@H](C)c1ccc(Cl)cc1Cl. The van der Waals surface area contributed by atoms with Crippen LogP contribution in [0.5, 0.6) is 5.75 Å². The number of likely N-dealkylation sites (tertiary alicyclic amines) is 1. The van der Waals surface area contributed by atoms with Gasteiger partial charge in [-0.1, -0.05) is 29.3 Å². The Kier molecular flexibility index (Phi) is 7.44. The fourth-order valence-electron chi connectivity index (χ4n) is 6.05. The molecule has 2 N–H and O–H groups in total. The van der Waals surface area contributed by atoms with E-state index in [0.717, 1.165) is 44.6 Å². The molecule has 0 unspecified atom stereocenters. The van der Waals surface area contributed by atoms with Gasteiger partial charge in [0.2, 0.25) is 5.95 Å². The van der Waals surface area contributed by atoms with Crippen LogP contribution in [0, 0.1) is 17.3 Å². The topological polar surface area (TPSA) is 90.8 Å². The number of aromatic nitrogens is 2. The first kappa shape index (κ1) is 26.3. The monoisotopic (exact) mass is 547 g/mol. The van der Waals surface area contributed by atoms with Gasteiger partial charge in [0.25, 0.3) is 0 Å². The van der Waals surface area contributed by atoms with E-state index in [-0.39, 0.29) is 6.04 Å². The fourth-order valence-corrected chi connectivity index (χ4v) is 6.62. The molecule has 3 fully saturated rings. The number of nitrogens with one attached hydrogen (secondary N) is 1. The Morgan fingerprint density at radius 3 is 2.68 bits per heavy atom. The van der Waals surface area contributed by atoms with Gasteiger partial charge >= 0.3 is 5.97 Å². The van der Waals surface area contributed by atoms with Crippen molar-refractivity contribution in [2.24, 2.45) is 17.3 Å². The number of rotatable bonds is 8. The standard InChI is InChI=1S/C27H35Cl2N5O3/c1-16(21-7-6-19(28)9-22(21)29)31-24-23(37-3)12-30-26(32-24)34-14-18(15-34)17-5-4-8-33(13-17)20-10-27(2,11-20)25(35)36/h6-7,9,12,16-18,20H,4-5,8,10-11,13-15H2,1-3H3,(H,35,36)(H,30,31,32)/t16-,17+,20-,27-/m1/s1. The number of ether oxygens (including phenoxy) is 1. The Morgan fingerprint density at radius 1 is 1.24 bits per heavy atom. The maximum absolute atomic E-state index is 11.5. The Balaban J connectivity index is 1.19. The maximum atomic E-state index is 11.5. The molecular formula is C27H35Cl2N5O3. The highest BCUT2D eigenvalue weighted by atomic mass is 35.5. The second-order valence-corrected chi connectivity index (χ2v) is 12.0. The normalized spacial score (nSPS) is 27.2. The van der Waals surface area contributed by atoms with Crippen molar-refractivity contribution in [3.05, 3.63) is 40.0 Å². The summed E-state index contributed by atoms with van der Waals surface area (Å²) in [7, 11) is 1.61. The highest BCUT2D eigenvalue weighted by Gasteiger charge is 2.49. The summed E-state index contributed by atoms with van der Waals surface area (Å²) in [5.74, 6) is 2.47. The molecule has 0 bridgehead atoms. The van der Waals surface area contributed by atoms with Gasteiger partial charge in [-0.2, -0.15) is 4.98 Å². The minimum atomic E-state index is -0.661. The van der Waals surface area contributed by atoms with Gasteiger partial charge in [-0.15, -0.1) is 0 Å². The third kappa shape index (κ3) is 5.33. The van der Waals surface area contributed by atoms with Crippen molar-refractivity contribution in [3.8, 4) is 5.75 Å². The van der Waals surface area contributed by atoms with E-state index in [2.05, 4.69) is 20.1 Å². The quantitative estimate of drug-likeness (QED) is 0.456. The molecule has 0 amide bonds. The highest BCUT2D eigenvalue weighted by Crippen LogP contribution is 2.45. The molecule has 3 heterocycles. The zero-order valence-corrected chi connectivity index (χ0v) is 23.1. The van der Waals surface area contributed by atoms with Crippen LogP contribution in [0.2, 0.25) is 10.0 Å². The largest absolute Gasteiger partial charge is 0.491 e. The molecule has 1 saturated carbocycles. The highest BCUT2D eigenvalue weighted by molar-refractivity contribution is 6.35. The number of halogens is 2. The van der Waals surface area contributed by atoms with Gasteiger partial charge in [0.05, 0.1) is 24.8 Å². The summed E-state index contributed by atoms with van der Waals surface area (Å²) >= 11 is 12.5. The third-order valence-corrected chi connectivity index (χ3v) is 9.06. The van der Waals surface area contributed by atoms with Gasteiger partial charge in [0.15, 0.2) is 11.6 Å². The lowest BCUT2D eigenvalue weighted by atomic mass is 9.65. The minimum absolute atomic E-state index is 0.103. The van der Waals surface area contributed by atoms with Crippen molar-refractivity contribution in [3.63, 3.8) is 0 Å². The molecule has 2 aliphatic heterocycles. The molecule has 2 saturated heterocycles. The molecule has 1 aromatic carbocycles. The number of methoxy groups -OCH3 is 1. The van der Waals surface area contributed by atoms with E-state index in [1.807, 2.05) is 26.0 Å². The van der Waals surface area contributed by atoms with E-state index in [4.69, 9.17) is 32.9 Å². The molecule has 1 aromatic heterocycles. The molecule has 0 spiro atoms. The molecule has 8 nitrogen and oxygen atoms in total. The summed E-state index contributed by atoms with van der Waals surface area (Å²) in [4.78, 5) is 25.6. The van der Waals surface area contributed by atoms with Gasteiger partial charge < -0.3 is 25.0 Å². The average Bonchev–Trinajstić information content (AvgIpc) is 2.81.